The highest BCUT2D eigenvalue weighted by Crippen LogP contribution is 2.26. The number of anilines is 2. The molecule has 1 N–H and O–H groups in total. The Morgan fingerprint density at radius 1 is 1.23 bits per heavy atom. The van der Waals surface area contributed by atoms with E-state index in [0.29, 0.717) is 29.0 Å². The van der Waals surface area contributed by atoms with Crippen molar-refractivity contribution in [2.75, 3.05) is 36.4 Å². The predicted octanol–water partition coefficient (Wildman–Crippen LogP) is 2.86. The Morgan fingerprint density at radius 2 is 2.08 bits per heavy atom. The van der Waals surface area contributed by atoms with Gasteiger partial charge in [0.05, 0.1) is 6.26 Å². The molecular weight excluding hydrogens is 352 g/mol. The zero-order valence-corrected chi connectivity index (χ0v) is 15.1. The fourth-order valence-corrected chi connectivity index (χ4v) is 3.48. The van der Waals surface area contributed by atoms with E-state index in [4.69, 9.17) is 4.42 Å². The van der Waals surface area contributed by atoms with Gasteiger partial charge in [0, 0.05) is 32.4 Å². The van der Waals surface area contributed by atoms with Crippen molar-refractivity contribution in [3.63, 3.8) is 0 Å². The van der Waals surface area contributed by atoms with Crippen LogP contribution < -0.4 is 10.2 Å². The van der Waals surface area contributed by atoms with Crippen LogP contribution >= 0.6 is 11.3 Å². The first-order valence-corrected chi connectivity index (χ1v) is 9.11. The molecule has 0 bridgehead atoms. The number of piperazine rings is 1. The molecular formula is C17H18N6O2S. The number of amides is 2. The summed E-state index contributed by atoms with van der Waals surface area (Å²) >= 11 is 1.29. The quantitative estimate of drug-likeness (QED) is 0.763. The molecule has 1 fully saturated rings. The second-order valence-electron chi connectivity index (χ2n) is 5.99. The highest BCUT2D eigenvalue weighted by molar-refractivity contribution is 7.18. The Labute approximate surface area is 154 Å². The molecule has 1 saturated heterocycles. The lowest BCUT2D eigenvalue weighted by atomic mass is 10.2. The van der Waals surface area contributed by atoms with E-state index < -0.39 is 0 Å². The average Bonchev–Trinajstić information content (AvgIpc) is 3.33. The Bertz CT molecular complexity index is 886. The molecule has 0 atom stereocenters. The maximum absolute atomic E-state index is 12.5. The molecule has 134 valence electrons. The summed E-state index contributed by atoms with van der Waals surface area (Å²) in [5, 5.41) is 12.0. The Morgan fingerprint density at radius 3 is 2.81 bits per heavy atom. The lowest BCUT2D eigenvalue weighted by molar-refractivity contribution is 0.208. The number of pyridine rings is 1. The number of nitrogens with zero attached hydrogens (tertiary/aromatic N) is 5. The molecule has 0 saturated carbocycles. The summed E-state index contributed by atoms with van der Waals surface area (Å²) in [6.07, 6.45) is 3.40. The Hall–Kier alpha value is -2.94. The molecule has 4 heterocycles. The van der Waals surface area contributed by atoms with Crippen LogP contribution in [-0.4, -0.2) is 52.3 Å². The first kappa shape index (κ1) is 16.5. The fourth-order valence-electron chi connectivity index (χ4n) is 2.78. The Balaban J connectivity index is 1.34. The third-order valence-corrected chi connectivity index (χ3v) is 5.02. The van der Waals surface area contributed by atoms with E-state index in [1.165, 1.54) is 16.9 Å². The van der Waals surface area contributed by atoms with Gasteiger partial charge in [-0.2, -0.15) is 0 Å². The second kappa shape index (κ2) is 7.12. The maximum Gasteiger partial charge on any atom is 0.323 e. The summed E-state index contributed by atoms with van der Waals surface area (Å²) in [6, 6.07) is 7.48. The van der Waals surface area contributed by atoms with Crippen LogP contribution in [0.3, 0.4) is 0 Å². The molecule has 26 heavy (non-hydrogen) atoms. The highest BCUT2D eigenvalue weighted by atomic mass is 32.1. The van der Waals surface area contributed by atoms with Gasteiger partial charge in [0.15, 0.2) is 10.8 Å². The van der Waals surface area contributed by atoms with Crippen molar-refractivity contribution >= 4 is 28.3 Å². The molecule has 0 radical (unpaired) electrons. The molecule has 2 amide bonds. The number of nitrogens with one attached hydrogen (secondary N) is 1. The van der Waals surface area contributed by atoms with Crippen molar-refractivity contribution in [2.45, 2.75) is 6.92 Å². The highest BCUT2D eigenvalue weighted by Gasteiger charge is 2.23. The van der Waals surface area contributed by atoms with E-state index in [9.17, 15) is 4.79 Å². The molecule has 1 aliphatic heterocycles. The summed E-state index contributed by atoms with van der Waals surface area (Å²) in [5.41, 5.74) is 1.18. The summed E-state index contributed by atoms with van der Waals surface area (Å²) in [6.45, 7) is 4.81. The third-order valence-electron chi connectivity index (χ3n) is 4.16. The maximum atomic E-state index is 12.5. The summed E-state index contributed by atoms with van der Waals surface area (Å²) in [7, 11) is 0. The normalized spacial score (nSPS) is 14.5. The van der Waals surface area contributed by atoms with Crippen LogP contribution in [0.15, 0.2) is 41.1 Å². The van der Waals surface area contributed by atoms with Crippen molar-refractivity contribution < 1.29 is 9.21 Å². The monoisotopic (exact) mass is 370 g/mol. The van der Waals surface area contributed by atoms with Crippen LogP contribution in [-0.2, 0) is 0 Å². The molecule has 0 unspecified atom stereocenters. The number of hydrogen-bond acceptors (Lipinski definition) is 7. The first-order valence-electron chi connectivity index (χ1n) is 8.30. The van der Waals surface area contributed by atoms with Gasteiger partial charge in [0.1, 0.15) is 5.82 Å². The van der Waals surface area contributed by atoms with Gasteiger partial charge in [0.25, 0.3) is 0 Å². The van der Waals surface area contributed by atoms with Crippen LogP contribution in [0.1, 0.15) is 5.56 Å². The summed E-state index contributed by atoms with van der Waals surface area (Å²) in [5.74, 6) is 1.60. The minimum Gasteiger partial charge on any atom is -0.462 e. The number of aryl methyl sites for hydroxylation is 1. The number of rotatable bonds is 3. The van der Waals surface area contributed by atoms with E-state index >= 15 is 0 Å². The number of hydrogen-bond donors (Lipinski definition) is 1. The van der Waals surface area contributed by atoms with Crippen LogP contribution in [0.2, 0.25) is 0 Å². The number of carbonyl (C=O) groups is 1. The lowest BCUT2D eigenvalue weighted by Crippen LogP contribution is -2.50. The topological polar surface area (TPSA) is 87.4 Å². The standard InChI is InChI=1S/C17H18N6O2S/c1-12-4-5-18-14(11-12)22-6-8-23(9-7-22)17(24)19-16-21-20-15(26-16)13-3-2-10-25-13/h2-5,10-11H,6-9H2,1H3,(H,19,21,24). The van der Waals surface area contributed by atoms with E-state index in [2.05, 4.69) is 31.5 Å². The van der Waals surface area contributed by atoms with E-state index in [1.54, 1.807) is 17.2 Å². The van der Waals surface area contributed by atoms with Crippen molar-refractivity contribution in [3.8, 4) is 10.8 Å². The first-order chi connectivity index (χ1) is 12.7. The van der Waals surface area contributed by atoms with Crippen LogP contribution in [0.5, 0.6) is 0 Å². The van der Waals surface area contributed by atoms with Gasteiger partial charge in [-0.3, -0.25) is 5.32 Å². The van der Waals surface area contributed by atoms with Crippen molar-refractivity contribution in [3.05, 3.63) is 42.3 Å². The average molecular weight is 370 g/mol. The minimum atomic E-state index is -0.163. The molecule has 9 heteroatoms. The number of carbonyl (C=O) groups excluding carboxylic acids is 1. The van der Waals surface area contributed by atoms with E-state index in [-0.39, 0.29) is 6.03 Å². The molecule has 3 aromatic heterocycles. The molecule has 0 aromatic carbocycles. The van der Waals surface area contributed by atoms with Gasteiger partial charge in [0.2, 0.25) is 5.13 Å². The second-order valence-corrected chi connectivity index (χ2v) is 6.96. The zero-order valence-electron chi connectivity index (χ0n) is 14.3. The fraction of sp³-hybridized carbons (Fsp3) is 0.294. The van der Waals surface area contributed by atoms with Gasteiger partial charge in [-0.25, -0.2) is 9.78 Å². The van der Waals surface area contributed by atoms with Crippen molar-refractivity contribution in [1.29, 1.82) is 0 Å². The minimum absolute atomic E-state index is 0.163. The van der Waals surface area contributed by atoms with Gasteiger partial charge in [-0.15, -0.1) is 10.2 Å². The third kappa shape index (κ3) is 3.52. The van der Waals surface area contributed by atoms with Gasteiger partial charge >= 0.3 is 6.03 Å². The zero-order chi connectivity index (χ0) is 17.9. The number of urea groups is 1. The SMILES string of the molecule is Cc1ccnc(N2CCN(C(=O)Nc3nnc(-c4ccco4)s3)CC2)c1. The summed E-state index contributed by atoms with van der Waals surface area (Å²) in [4.78, 5) is 20.8. The van der Waals surface area contributed by atoms with Crippen molar-refractivity contribution in [1.82, 2.24) is 20.1 Å². The molecule has 1 aliphatic rings. The molecule has 4 rings (SSSR count). The van der Waals surface area contributed by atoms with Crippen LogP contribution in [0, 0.1) is 6.92 Å². The largest absolute Gasteiger partial charge is 0.462 e. The van der Waals surface area contributed by atoms with Crippen LogP contribution in [0.25, 0.3) is 10.8 Å². The summed E-state index contributed by atoms with van der Waals surface area (Å²) < 4.78 is 5.29. The molecule has 3 aromatic rings. The van der Waals surface area contributed by atoms with Gasteiger partial charge < -0.3 is 14.2 Å². The van der Waals surface area contributed by atoms with E-state index in [1.807, 2.05) is 25.3 Å². The van der Waals surface area contributed by atoms with Gasteiger partial charge in [-0.05, 0) is 36.8 Å². The molecule has 0 aliphatic carbocycles. The predicted molar refractivity (Wildman–Crippen MR) is 99.4 cm³/mol. The van der Waals surface area contributed by atoms with Crippen LogP contribution in [0.4, 0.5) is 15.7 Å². The number of aromatic nitrogens is 3. The lowest BCUT2D eigenvalue weighted by Gasteiger charge is -2.35. The van der Waals surface area contributed by atoms with Crippen molar-refractivity contribution in [2.24, 2.45) is 0 Å². The molecule has 0 spiro atoms. The Kier molecular flexibility index (Phi) is 4.53. The number of furan rings is 1. The van der Waals surface area contributed by atoms with E-state index in [0.717, 1.165) is 18.9 Å². The van der Waals surface area contributed by atoms with Gasteiger partial charge in [-0.1, -0.05) is 11.3 Å². The smallest absolute Gasteiger partial charge is 0.323 e. The molecule has 8 nitrogen and oxygen atoms in total.